The van der Waals surface area contributed by atoms with Gasteiger partial charge in [-0.15, -0.1) is 0 Å². The van der Waals surface area contributed by atoms with Crippen LogP contribution in [0.25, 0.3) is 0 Å². The number of amides is 2. The second-order valence-corrected chi connectivity index (χ2v) is 8.98. The Morgan fingerprint density at radius 2 is 1.41 bits per heavy atom. The summed E-state index contributed by atoms with van der Waals surface area (Å²) in [6.07, 6.45) is 6.00. The van der Waals surface area contributed by atoms with Crippen LogP contribution in [0.2, 0.25) is 0 Å². The first-order valence-electron chi connectivity index (χ1n) is 10.7. The van der Waals surface area contributed by atoms with Crippen molar-refractivity contribution in [1.82, 2.24) is 4.90 Å². The predicted molar refractivity (Wildman–Crippen MR) is 107 cm³/mol. The van der Waals surface area contributed by atoms with Crippen LogP contribution in [0.5, 0.6) is 0 Å². The maximum Gasteiger partial charge on any atom is 0.235 e. The lowest BCUT2D eigenvalue weighted by atomic mass is 9.48. The third kappa shape index (κ3) is 1.92. The average Bonchev–Trinajstić information content (AvgIpc) is 3.05. The molecule has 1 aliphatic heterocycles. The summed E-state index contributed by atoms with van der Waals surface area (Å²) in [4.78, 5) is 41.9. The monoisotopic (exact) mass is 385 g/mol. The molecule has 2 aromatic carbocycles. The molecule has 2 aromatic rings. The Kier molecular flexibility index (Phi) is 3.48. The van der Waals surface area contributed by atoms with Crippen LogP contribution in [0, 0.1) is 11.8 Å². The second-order valence-electron chi connectivity index (χ2n) is 8.98. The maximum atomic E-state index is 13.8. The first kappa shape index (κ1) is 17.1. The third-order valence-electron chi connectivity index (χ3n) is 7.84. The van der Waals surface area contributed by atoms with Crippen LogP contribution in [-0.4, -0.2) is 29.0 Å². The zero-order chi connectivity index (χ0) is 19.8. The highest BCUT2D eigenvalue weighted by Crippen LogP contribution is 2.63. The van der Waals surface area contributed by atoms with Gasteiger partial charge in [0.05, 0.1) is 17.3 Å². The summed E-state index contributed by atoms with van der Waals surface area (Å²) in [6.45, 7) is 0. The summed E-state index contributed by atoms with van der Waals surface area (Å²) in [7, 11) is 0. The van der Waals surface area contributed by atoms with Crippen LogP contribution in [0.4, 0.5) is 0 Å². The second kappa shape index (κ2) is 5.88. The SMILES string of the molecule is O=CC12c3ccccc3C(c3ccccc31)[C@H]1C(=O)N(C3CCCCC3)C(=O)[C@@H]12. The molecule has 5 aliphatic rings. The van der Waals surface area contributed by atoms with Crippen LogP contribution in [0.3, 0.4) is 0 Å². The van der Waals surface area contributed by atoms with Crippen LogP contribution in [0.1, 0.15) is 60.3 Å². The largest absolute Gasteiger partial charge is 0.302 e. The highest BCUT2D eigenvalue weighted by Gasteiger charge is 2.68. The molecule has 7 rings (SSSR count). The van der Waals surface area contributed by atoms with E-state index in [1.54, 1.807) is 4.90 Å². The number of carbonyl (C=O) groups excluding carboxylic acids is 3. The Bertz CT molecular complexity index is 1000. The van der Waals surface area contributed by atoms with Crippen molar-refractivity contribution in [1.29, 1.82) is 0 Å². The van der Waals surface area contributed by atoms with Gasteiger partial charge in [-0.1, -0.05) is 67.8 Å². The molecular weight excluding hydrogens is 362 g/mol. The topological polar surface area (TPSA) is 54.5 Å². The minimum Gasteiger partial charge on any atom is -0.302 e. The zero-order valence-corrected chi connectivity index (χ0v) is 16.2. The van der Waals surface area contributed by atoms with E-state index >= 15 is 0 Å². The van der Waals surface area contributed by atoms with Crippen LogP contribution in [0.15, 0.2) is 48.5 Å². The molecule has 0 unspecified atom stereocenters. The van der Waals surface area contributed by atoms with Crippen LogP contribution < -0.4 is 0 Å². The van der Waals surface area contributed by atoms with Crippen molar-refractivity contribution >= 4 is 18.1 Å². The number of aldehydes is 1. The average molecular weight is 385 g/mol. The van der Waals surface area contributed by atoms with Gasteiger partial charge in [0.25, 0.3) is 0 Å². The van der Waals surface area contributed by atoms with Gasteiger partial charge in [-0.3, -0.25) is 14.5 Å². The van der Waals surface area contributed by atoms with E-state index in [1.807, 2.05) is 48.5 Å². The highest BCUT2D eigenvalue weighted by atomic mass is 16.2. The van der Waals surface area contributed by atoms with Gasteiger partial charge in [0, 0.05) is 12.0 Å². The molecule has 2 amide bonds. The number of nitrogens with zero attached hydrogens (tertiary/aromatic N) is 1. The lowest BCUT2D eigenvalue weighted by Crippen LogP contribution is -2.54. The van der Waals surface area contributed by atoms with Crippen molar-refractivity contribution in [2.75, 3.05) is 0 Å². The molecule has 4 heteroatoms. The molecule has 0 radical (unpaired) electrons. The number of rotatable bonds is 2. The molecule has 146 valence electrons. The lowest BCUT2D eigenvalue weighted by Gasteiger charge is -2.51. The molecule has 2 fully saturated rings. The van der Waals surface area contributed by atoms with Crippen LogP contribution >= 0.6 is 0 Å². The van der Waals surface area contributed by atoms with E-state index in [2.05, 4.69) is 0 Å². The van der Waals surface area contributed by atoms with Gasteiger partial charge < -0.3 is 4.79 Å². The Balaban J connectivity index is 1.61. The molecule has 4 nitrogen and oxygen atoms in total. The molecule has 4 aliphatic carbocycles. The van der Waals surface area contributed by atoms with Crippen LogP contribution in [-0.2, 0) is 19.8 Å². The number of carbonyl (C=O) groups is 3. The van der Waals surface area contributed by atoms with E-state index in [0.717, 1.165) is 60.6 Å². The molecule has 0 N–H and O–H groups in total. The lowest BCUT2D eigenvalue weighted by molar-refractivity contribution is -0.144. The van der Waals surface area contributed by atoms with Gasteiger partial charge in [0.2, 0.25) is 11.8 Å². The van der Waals surface area contributed by atoms with Crippen molar-refractivity contribution in [3.05, 3.63) is 70.8 Å². The fourth-order valence-corrected chi connectivity index (χ4v) is 6.75. The van der Waals surface area contributed by atoms with Gasteiger partial charge in [-0.05, 0) is 35.1 Å². The Hall–Kier alpha value is -2.75. The van der Waals surface area contributed by atoms with E-state index < -0.39 is 17.3 Å². The van der Waals surface area contributed by atoms with E-state index in [1.165, 1.54) is 0 Å². The van der Waals surface area contributed by atoms with E-state index in [4.69, 9.17) is 0 Å². The zero-order valence-electron chi connectivity index (χ0n) is 16.2. The summed E-state index contributed by atoms with van der Waals surface area (Å²) in [5.41, 5.74) is 2.82. The minimum atomic E-state index is -1.07. The first-order valence-corrected chi connectivity index (χ1v) is 10.7. The first-order chi connectivity index (χ1) is 14.2. The summed E-state index contributed by atoms with van der Waals surface area (Å²) >= 11 is 0. The Labute approximate surface area is 169 Å². The van der Waals surface area contributed by atoms with E-state index in [-0.39, 0.29) is 23.8 Å². The van der Waals surface area contributed by atoms with Gasteiger partial charge in [0.15, 0.2) is 0 Å². The molecule has 1 saturated carbocycles. The van der Waals surface area contributed by atoms with Crippen molar-refractivity contribution in [3.63, 3.8) is 0 Å². The fourth-order valence-electron chi connectivity index (χ4n) is 6.75. The smallest absolute Gasteiger partial charge is 0.235 e. The molecule has 2 atom stereocenters. The van der Waals surface area contributed by atoms with Gasteiger partial charge >= 0.3 is 0 Å². The molecule has 0 aromatic heterocycles. The molecular formula is C25H23NO3. The van der Waals surface area contributed by atoms with Crippen molar-refractivity contribution < 1.29 is 14.4 Å². The summed E-state index contributed by atoms with van der Waals surface area (Å²) < 4.78 is 0. The number of imide groups is 1. The van der Waals surface area contributed by atoms with E-state index in [0.29, 0.717) is 0 Å². The highest BCUT2D eigenvalue weighted by molar-refractivity contribution is 6.11. The summed E-state index contributed by atoms with van der Waals surface area (Å²) in [6, 6.07) is 15.8. The quantitative estimate of drug-likeness (QED) is 0.587. The molecule has 0 spiro atoms. The maximum absolute atomic E-state index is 13.8. The number of benzene rings is 2. The molecule has 1 saturated heterocycles. The molecule has 29 heavy (non-hydrogen) atoms. The van der Waals surface area contributed by atoms with E-state index in [9.17, 15) is 14.4 Å². The standard InChI is InChI=1S/C25H23NO3/c27-14-25-18-12-6-4-10-16(18)20(17-11-5-7-13-19(17)25)21-22(25)24(29)26(23(21)28)15-8-2-1-3-9-15/h4-7,10-15,20-22H,1-3,8-9H2/t20?,21-,22-,25?/m1/s1. The number of likely N-dealkylation sites (tertiary alicyclic amines) is 1. The number of hydrogen-bond acceptors (Lipinski definition) is 3. The third-order valence-corrected chi connectivity index (χ3v) is 7.84. The van der Waals surface area contributed by atoms with Crippen molar-refractivity contribution in [2.24, 2.45) is 11.8 Å². The minimum absolute atomic E-state index is 0.0105. The van der Waals surface area contributed by atoms with Crippen molar-refractivity contribution in [2.45, 2.75) is 49.5 Å². The Morgan fingerprint density at radius 3 is 2.00 bits per heavy atom. The van der Waals surface area contributed by atoms with Gasteiger partial charge in [0.1, 0.15) is 6.29 Å². The number of hydrogen-bond donors (Lipinski definition) is 0. The summed E-state index contributed by atoms with van der Waals surface area (Å²) in [5.74, 6) is -1.44. The molecule has 1 heterocycles. The fraction of sp³-hybridized carbons (Fsp3) is 0.400. The normalized spacial score (nSPS) is 32.7. The summed E-state index contributed by atoms with van der Waals surface area (Å²) in [5, 5.41) is 0. The van der Waals surface area contributed by atoms with Gasteiger partial charge in [-0.2, -0.15) is 0 Å². The predicted octanol–water partition coefficient (Wildman–Crippen LogP) is 3.56. The Morgan fingerprint density at radius 1 is 0.828 bits per heavy atom. The van der Waals surface area contributed by atoms with Crippen molar-refractivity contribution in [3.8, 4) is 0 Å². The molecule has 2 bridgehead atoms. The van der Waals surface area contributed by atoms with Gasteiger partial charge in [-0.25, -0.2) is 0 Å².